The monoisotopic (exact) mass is 765 g/mol. The first-order valence-electron chi connectivity index (χ1n) is 20.3. The molecule has 0 radical (unpaired) electrons. The van der Waals surface area contributed by atoms with Crippen molar-refractivity contribution >= 4 is 54.6 Å². The van der Waals surface area contributed by atoms with Gasteiger partial charge in [0.2, 0.25) is 0 Å². The average molecular weight is 766 g/mol. The Labute approximate surface area is 346 Å². The molecule has 0 spiro atoms. The van der Waals surface area contributed by atoms with E-state index in [1.54, 1.807) is 0 Å². The fourth-order valence-electron chi connectivity index (χ4n) is 8.98. The first-order valence-corrected chi connectivity index (χ1v) is 20.3. The van der Waals surface area contributed by atoms with Crippen molar-refractivity contribution in [3.8, 4) is 61.7 Å². The smallest absolute Gasteiger partial charge is 0.161 e. The first kappa shape index (κ1) is 34.0. The molecule has 0 bridgehead atoms. The third-order valence-electron chi connectivity index (χ3n) is 11.8. The lowest BCUT2D eigenvalue weighted by molar-refractivity contribution is 0.669. The maximum absolute atomic E-state index is 6.56. The van der Waals surface area contributed by atoms with Gasteiger partial charge in [0, 0.05) is 43.7 Å². The molecule has 0 aliphatic carbocycles. The molecule has 12 aromatic rings. The number of hydrogen-bond acceptors (Lipinski definition) is 3. The number of fused-ring (bicyclic) bond motifs is 7. The summed E-state index contributed by atoms with van der Waals surface area (Å²) < 4.78 is 8.91. The second-order valence-electron chi connectivity index (χ2n) is 15.4. The topological polar surface area (TPSA) is 43.9 Å². The number of nitrogens with zero attached hydrogens (tertiary/aromatic N) is 3. The summed E-state index contributed by atoms with van der Waals surface area (Å²) in [6, 6.07) is 75.0. The van der Waals surface area contributed by atoms with E-state index in [4.69, 9.17) is 14.4 Å². The maximum Gasteiger partial charge on any atom is 0.161 e. The van der Waals surface area contributed by atoms with Gasteiger partial charge in [-0.1, -0.05) is 140 Å². The van der Waals surface area contributed by atoms with Crippen LogP contribution in [-0.4, -0.2) is 14.5 Å². The van der Waals surface area contributed by atoms with Gasteiger partial charge in [0.25, 0.3) is 0 Å². The van der Waals surface area contributed by atoms with Gasteiger partial charge in [-0.25, -0.2) is 9.97 Å². The van der Waals surface area contributed by atoms with E-state index in [0.717, 1.165) is 88.7 Å². The van der Waals surface area contributed by atoms with E-state index >= 15 is 0 Å². The van der Waals surface area contributed by atoms with Gasteiger partial charge in [-0.2, -0.15) is 0 Å². The Kier molecular flexibility index (Phi) is 7.82. The van der Waals surface area contributed by atoms with Gasteiger partial charge in [-0.3, -0.25) is 0 Å². The van der Waals surface area contributed by atoms with Gasteiger partial charge in [0.1, 0.15) is 11.2 Å². The summed E-state index contributed by atoms with van der Waals surface area (Å²) in [4.78, 5) is 10.7. The van der Waals surface area contributed by atoms with Crippen LogP contribution < -0.4 is 0 Å². The van der Waals surface area contributed by atoms with E-state index < -0.39 is 0 Å². The number of hydrogen-bond donors (Lipinski definition) is 0. The fraction of sp³-hybridized carbons (Fsp3) is 0. The maximum atomic E-state index is 6.56. The zero-order chi connectivity index (χ0) is 39.6. The molecule has 4 heteroatoms. The van der Waals surface area contributed by atoms with Crippen LogP contribution in [0.15, 0.2) is 217 Å². The van der Waals surface area contributed by atoms with E-state index in [1.807, 2.05) is 18.2 Å². The number of para-hydroxylation sites is 3. The van der Waals surface area contributed by atoms with E-state index in [9.17, 15) is 0 Å². The third kappa shape index (κ3) is 5.61. The van der Waals surface area contributed by atoms with Crippen molar-refractivity contribution in [3.05, 3.63) is 212 Å². The first-order chi connectivity index (χ1) is 29.7. The molecule has 0 atom stereocenters. The normalized spacial score (nSPS) is 11.7. The van der Waals surface area contributed by atoms with Gasteiger partial charge in [0.05, 0.1) is 22.2 Å². The van der Waals surface area contributed by atoms with Crippen molar-refractivity contribution in [2.75, 3.05) is 0 Å². The number of benzene rings is 9. The molecular formula is C56H35N3O. The third-order valence-corrected chi connectivity index (χ3v) is 11.8. The zero-order valence-corrected chi connectivity index (χ0v) is 32.5. The molecule has 4 nitrogen and oxygen atoms in total. The van der Waals surface area contributed by atoms with Crippen molar-refractivity contribution in [2.45, 2.75) is 0 Å². The lowest BCUT2D eigenvalue weighted by Gasteiger charge is -2.14. The van der Waals surface area contributed by atoms with Gasteiger partial charge in [-0.05, 0) is 106 Å². The predicted molar refractivity (Wildman–Crippen MR) is 248 cm³/mol. The van der Waals surface area contributed by atoms with Gasteiger partial charge in [0.15, 0.2) is 5.82 Å². The summed E-state index contributed by atoms with van der Waals surface area (Å²) in [5, 5.41) is 5.47. The largest absolute Gasteiger partial charge is 0.456 e. The number of rotatable bonds is 6. The lowest BCUT2D eigenvalue weighted by atomic mass is 9.94. The van der Waals surface area contributed by atoms with Crippen molar-refractivity contribution < 1.29 is 4.42 Å². The lowest BCUT2D eigenvalue weighted by Crippen LogP contribution is -1.96. The predicted octanol–water partition coefficient (Wildman–Crippen LogP) is 15.0. The Balaban J connectivity index is 1.04. The van der Waals surface area contributed by atoms with Gasteiger partial charge < -0.3 is 8.98 Å². The van der Waals surface area contributed by atoms with E-state index in [2.05, 4.69) is 199 Å². The van der Waals surface area contributed by atoms with Crippen LogP contribution in [-0.2, 0) is 0 Å². The van der Waals surface area contributed by atoms with E-state index in [0.29, 0.717) is 5.82 Å². The van der Waals surface area contributed by atoms with Crippen LogP contribution >= 0.6 is 0 Å². The van der Waals surface area contributed by atoms with E-state index in [-0.39, 0.29) is 0 Å². The van der Waals surface area contributed by atoms with Crippen molar-refractivity contribution in [1.29, 1.82) is 0 Å². The Hall–Kier alpha value is -8.08. The summed E-state index contributed by atoms with van der Waals surface area (Å²) in [5.41, 5.74) is 15.7. The molecule has 60 heavy (non-hydrogen) atoms. The minimum Gasteiger partial charge on any atom is -0.456 e. The van der Waals surface area contributed by atoms with Crippen LogP contribution in [0.25, 0.3) is 116 Å². The summed E-state index contributed by atoms with van der Waals surface area (Å²) in [6.07, 6.45) is 0. The Morgan fingerprint density at radius 2 is 0.950 bits per heavy atom. The van der Waals surface area contributed by atoms with Crippen LogP contribution in [0, 0.1) is 0 Å². The van der Waals surface area contributed by atoms with Crippen LogP contribution in [0.2, 0.25) is 0 Å². The molecule has 0 saturated carbocycles. The Bertz CT molecular complexity index is 3530. The highest BCUT2D eigenvalue weighted by molar-refractivity contribution is 6.14. The van der Waals surface area contributed by atoms with Crippen LogP contribution in [0.3, 0.4) is 0 Å². The summed E-state index contributed by atoms with van der Waals surface area (Å²) >= 11 is 0. The summed E-state index contributed by atoms with van der Waals surface area (Å²) in [7, 11) is 0. The van der Waals surface area contributed by atoms with Crippen molar-refractivity contribution in [2.24, 2.45) is 0 Å². The molecule has 0 aliphatic heterocycles. The molecular weight excluding hydrogens is 731 g/mol. The standard InChI is InChI=1S/C56H35N3O/c1-4-15-36(16-5-1)40-31-41(37-17-6-2-7-18-37)33-42(32-40)55-45-22-10-12-24-49(45)57-56(58-55)46-23-14-26-53-54(46)48-35-39(28-30-52(48)60-53)38-27-29-51-47(34-38)44-21-11-13-25-50(44)59(51)43-19-8-3-9-20-43/h1-35H. The highest BCUT2D eigenvalue weighted by Crippen LogP contribution is 2.41. The van der Waals surface area contributed by atoms with E-state index in [1.165, 1.54) is 21.8 Å². The molecule has 3 heterocycles. The minimum atomic E-state index is 0.656. The fourth-order valence-corrected chi connectivity index (χ4v) is 8.98. The van der Waals surface area contributed by atoms with Crippen LogP contribution in [0.4, 0.5) is 0 Å². The Morgan fingerprint density at radius 3 is 1.70 bits per heavy atom. The molecule has 0 amide bonds. The molecule has 0 aliphatic rings. The molecule has 9 aromatic carbocycles. The van der Waals surface area contributed by atoms with Crippen LogP contribution in [0.1, 0.15) is 0 Å². The summed E-state index contributed by atoms with van der Waals surface area (Å²) in [6.45, 7) is 0. The van der Waals surface area contributed by atoms with Crippen molar-refractivity contribution in [3.63, 3.8) is 0 Å². The number of furan rings is 1. The van der Waals surface area contributed by atoms with Crippen molar-refractivity contribution in [1.82, 2.24) is 14.5 Å². The molecule has 0 fully saturated rings. The molecule has 0 unspecified atom stereocenters. The zero-order valence-electron chi connectivity index (χ0n) is 32.5. The summed E-state index contributed by atoms with van der Waals surface area (Å²) in [5.74, 6) is 0.656. The minimum absolute atomic E-state index is 0.656. The highest BCUT2D eigenvalue weighted by Gasteiger charge is 2.20. The van der Waals surface area contributed by atoms with Gasteiger partial charge in [-0.15, -0.1) is 0 Å². The van der Waals surface area contributed by atoms with Gasteiger partial charge >= 0.3 is 0 Å². The SMILES string of the molecule is c1ccc(-c2cc(-c3ccccc3)cc(-c3nc(-c4cccc5oc6ccc(-c7ccc8c(c7)c7ccccc7n8-c7ccccc7)cc6c45)nc4ccccc34)c2)cc1. The molecule has 12 rings (SSSR count). The molecule has 0 saturated heterocycles. The second kappa shape index (κ2) is 13.8. The highest BCUT2D eigenvalue weighted by atomic mass is 16.3. The van der Waals surface area contributed by atoms with Crippen LogP contribution in [0.5, 0.6) is 0 Å². The molecule has 280 valence electrons. The second-order valence-corrected chi connectivity index (χ2v) is 15.4. The quantitative estimate of drug-likeness (QED) is 0.169. The average Bonchev–Trinajstić information content (AvgIpc) is 3.87. The molecule has 0 N–H and O–H groups in total. The molecule has 3 aromatic heterocycles. The Morgan fingerprint density at radius 1 is 0.350 bits per heavy atom. The number of aromatic nitrogens is 3.